The first kappa shape index (κ1) is 10.6. The lowest BCUT2D eigenvalue weighted by atomic mass is 9.90. The van der Waals surface area contributed by atoms with Gasteiger partial charge in [-0.05, 0) is 38.8 Å². The Morgan fingerprint density at radius 1 is 1.67 bits per heavy atom. The Bertz CT molecular complexity index is 307. The van der Waals surface area contributed by atoms with Crippen molar-refractivity contribution in [1.29, 1.82) is 0 Å². The number of rotatable bonds is 3. The van der Waals surface area contributed by atoms with E-state index in [1.807, 2.05) is 10.9 Å². The summed E-state index contributed by atoms with van der Waals surface area (Å²) in [6, 6.07) is 0.451. The molecule has 1 fully saturated rings. The fraction of sp³-hybridized carbons (Fsp3) is 0.727. The van der Waals surface area contributed by atoms with Crippen LogP contribution in [0.15, 0.2) is 12.4 Å². The summed E-state index contributed by atoms with van der Waals surface area (Å²) >= 11 is 0. The summed E-state index contributed by atoms with van der Waals surface area (Å²) in [5, 5.41) is 7.83. The number of hydrogen-bond donors (Lipinski definition) is 2. The number of hydrogen-bond acceptors (Lipinski definition) is 3. The zero-order chi connectivity index (χ0) is 10.7. The van der Waals surface area contributed by atoms with Crippen molar-refractivity contribution in [2.45, 2.75) is 32.4 Å². The molecule has 1 aliphatic heterocycles. The van der Waals surface area contributed by atoms with Gasteiger partial charge in [0.1, 0.15) is 0 Å². The molecule has 0 aliphatic carbocycles. The molecule has 15 heavy (non-hydrogen) atoms. The van der Waals surface area contributed by atoms with Gasteiger partial charge in [-0.1, -0.05) is 0 Å². The first-order valence-corrected chi connectivity index (χ1v) is 5.79. The molecule has 1 aromatic rings. The molecule has 0 spiro atoms. The highest BCUT2D eigenvalue weighted by Gasteiger charge is 2.22. The second-order valence-corrected chi connectivity index (χ2v) is 4.26. The van der Waals surface area contributed by atoms with Crippen LogP contribution in [0, 0.1) is 5.92 Å². The van der Waals surface area contributed by atoms with Crippen LogP contribution >= 0.6 is 0 Å². The maximum atomic E-state index is 5.73. The van der Waals surface area contributed by atoms with Crippen LogP contribution in [0.5, 0.6) is 0 Å². The average molecular weight is 208 g/mol. The number of nitrogens with one attached hydrogen (secondary N) is 1. The standard InChI is InChI=1S/C11H20N4/c1-2-15-8-10(7-14-15)11-5-9(6-12)3-4-13-11/h7-9,11,13H,2-6,12H2,1H3. The van der Waals surface area contributed by atoms with Crippen molar-refractivity contribution in [1.82, 2.24) is 15.1 Å². The fourth-order valence-electron chi connectivity index (χ4n) is 2.20. The quantitative estimate of drug-likeness (QED) is 0.776. The van der Waals surface area contributed by atoms with E-state index >= 15 is 0 Å². The smallest absolute Gasteiger partial charge is 0.0537 e. The molecular formula is C11H20N4. The fourth-order valence-corrected chi connectivity index (χ4v) is 2.20. The minimum Gasteiger partial charge on any atom is -0.330 e. The van der Waals surface area contributed by atoms with Crippen molar-refractivity contribution in [3.05, 3.63) is 18.0 Å². The highest BCUT2D eigenvalue weighted by molar-refractivity contribution is 5.11. The summed E-state index contributed by atoms with van der Waals surface area (Å²) in [7, 11) is 0. The van der Waals surface area contributed by atoms with Gasteiger partial charge in [-0.25, -0.2) is 0 Å². The van der Waals surface area contributed by atoms with Gasteiger partial charge in [0.2, 0.25) is 0 Å². The molecule has 2 heterocycles. The maximum Gasteiger partial charge on any atom is 0.0537 e. The van der Waals surface area contributed by atoms with Gasteiger partial charge in [0.25, 0.3) is 0 Å². The van der Waals surface area contributed by atoms with Crippen LogP contribution in [0.3, 0.4) is 0 Å². The van der Waals surface area contributed by atoms with Crippen molar-refractivity contribution >= 4 is 0 Å². The van der Waals surface area contributed by atoms with Crippen LogP contribution in [0.2, 0.25) is 0 Å². The lowest BCUT2D eigenvalue weighted by molar-refractivity contribution is 0.312. The monoisotopic (exact) mass is 208 g/mol. The topological polar surface area (TPSA) is 55.9 Å². The minimum atomic E-state index is 0.451. The van der Waals surface area contributed by atoms with Crippen molar-refractivity contribution in [3.63, 3.8) is 0 Å². The van der Waals surface area contributed by atoms with Crippen LogP contribution in [-0.4, -0.2) is 22.9 Å². The third-order valence-electron chi connectivity index (χ3n) is 3.23. The highest BCUT2D eigenvalue weighted by atomic mass is 15.3. The number of nitrogens with two attached hydrogens (primary N) is 1. The molecule has 2 rings (SSSR count). The number of nitrogens with zero attached hydrogens (tertiary/aromatic N) is 2. The molecule has 0 amide bonds. The van der Waals surface area contributed by atoms with E-state index in [2.05, 4.69) is 23.5 Å². The first-order chi connectivity index (χ1) is 7.33. The number of piperidine rings is 1. The summed E-state index contributed by atoms with van der Waals surface area (Å²) < 4.78 is 1.98. The van der Waals surface area contributed by atoms with Gasteiger partial charge in [-0.3, -0.25) is 4.68 Å². The molecule has 4 nitrogen and oxygen atoms in total. The summed E-state index contributed by atoms with van der Waals surface area (Å²) in [5.41, 5.74) is 7.03. The Morgan fingerprint density at radius 3 is 3.20 bits per heavy atom. The Kier molecular flexibility index (Phi) is 3.38. The number of aromatic nitrogens is 2. The third-order valence-corrected chi connectivity index (χ3v) is 3.23. The minimum absolute atomic E-state index is 0.451. The van der Waals surface area contributed by atoms with E-state index in [4.69, 9.17) is 5.73 Å². The van der Waals surface area contributed by atoms with Gasteiger partial charge in [0.05, 0.1) is 6.20 Å². The predicted molar refractivity (Wildman–Crippen MR) is 60.4 cm³/mol. The van der Waals surface area contributed by atoms with Crippen molar-refractivity contribution in [3.8, 4) is 0 Å². The van der Waals surface area contributed by atoms with Crippen LogP contribution in [0.25, 0.3) is 0 Å². The predicted octanol–water partition coefficient (Wildman–Crippen LogP) is 0.902. The van der Waals surface area contributed by atoms with Crippen LogP contribution in [0.4, 0.5) is 0 Å². The normalized spacial score (nSPS) is 26.8. The largest absolute Gasteiger partial charge is 0.330 e. The molecule has 1 aromatic heterocycles. The Morgan fingerprint density at radius 2 is 2.53 bits per heavy atom. The van der Waals surface area contributed by atoms with Crippen LogP contribution in [0.1, 0.15) is 31.4 Å². The van der Waals surface area contributed by atoms with Gasteiger partial charge >= 0.3 is 0 Å². The van der Waals surface area contributed by atoms with E-state index in [0.717, 1.165) is 26.1 Å². The molecule has 4 heteroatoms. The van der Waals surface area contributed by atoms with Gasteiger partial charge in [-0.15, -0.1) is 0 Å². The van der Waals surface area contributed by atoms with Crippen molar-refractivity contribution < 1.29 is 0 Å². The highest BCUT2D eigenvalue weighted by Crippen LogP contribution is 2.26. The lowest BCUT2D eigenvalue weighted by Crippen LogP contribution is -2.34. The maximum absolute atomic E-state index is 5.73. The second-order valence-electron chi connectivity index (χ2n) is 4.26. The van der Waals surface area contributed by atoms with Crippen LogP contribution in [-0.2, 0) is 6.54 Å². The second kappa shape index (κ2) is 4.77. The SMILES string of the molecule is CCn1cc(C2CC(CN)CCN2)cn1. The van der Waals surface area contributed by atoms with Gasteiger partial charge < -0.3 is 11.1 Å². The van der Waals surface area contributed by atoms with Gasteiger partial charge in [0.15, 0.2) is 0 Å². The lowest BCUT2D eigenvalue weighted by Gasteiger charge is -2.28. The summed E-state index contributed by atoms with van der Waals surface area (Å²) in [6.45, 7) is 4.92. The molecule has 0 aromatic carbocycles. The zero-order valence-electron chi connectivity index (χ0n) is 9.32. The summed E-state index contributed by atoms with van der Waals surface area (Å²) in [6.07, 6.45) is 6.46. The van der Waals surface area contributed by atoms with Crippen LogP contribution < -0.4 is 11.1 Å². The first-order valence-electron chi connectivity index (χ1n) is 5.79. The molecule has 0 radical (unpaired) electrons. The molecule has 84 valence electrons. The van der Waals surface area contributed by atoms with E-state index < -0.39 is 0 Å². The Balaban J connectivity index is 2.03. The molecule has 1 saturated heterocycles. The summed E-state index contributed by atoms with van der Waals surface area (Å²) in [5.74, 6) is 0.668. The molecular weight excluding hydrogens is 188 g/mol. The third kappa shape index (κ3) is 2.38. The Hall–Kier alpha value is -0.870. The van der Waals surface area contributed by atoms with E-state index in [0.29, 0.717) is 12.0 Å². The number of aryl methyl sites for hydroxylation is 1. The van der Waals surface area contributed by atoms with E-state index in [1.54, 1.807) is 0 Å². The average Bonchev–Trinajstić information content (AvgIpc) is 2.78. The molecule has 2 unspecified atom stereocenters. The molecule has 2 atom stereocenters. The van der Waals surface area contributed by atoms with Crippen molar-refractivity contribution in [2.75, 3.05) is 13.1 Å². The molecule has 0 saturated carbocycles. The van der Waals surface area contributed by atoms with E-state index in [-0.39, 0.29) is 0 Å². The molecule has 0 bridgehead atoms. The zero-order valence-corrected chi connectivity index (χ0v) is 9.32. The van der Waals surface area contributed by atoms with Gasteiger partial charge in [0, 0.05) is 24.3 Å². The molecule has 1 aliphatic rings. The van der Waals surface area contributed by atoms with Crippen molar-refractivity contribution in [2.24, 2.45) is 11.7 Å². The Labute approximate surface area is 90.8 Å². The van der Waals surface area contributed by atoms with Gasteiger partial charge in [-0.2, -0.15) is 5.10 Å². The van der Waals surface area contributed by atoms with E-state index in [1.165, 1.54) is 12.0 Å². The summed E-state index contributed by atoms with van der Waals surface area (Å²) in [4.78, 5) is 0. The molecule has 3 N–H and O–H groups in total. The van der Waals surface area contributed by atoms with E-state index in [9.17, 15) is 0 Å².